The molecule has 0 N–H and O–H groups in total. The Morgan fingerprint density at radius 1 is 0.650 bits per heavy atom. The monoisotopic (exact) mass is 262 g/mol. The predicted molar refractivity (Wildman–Crippen MR) is 78.0 cm³/mol. The van der Waals surface area contributed by atoms with Gasteiger partial charge in [0.2, 0.25) is 0 Å². The normalized spacial score (nSPS) is 10.5. The second-order valence-electron chi connectivity index (χ2n) is 4.70. The first-order chi connectivity index (χ1) is 9.72. The lowest BCUT2D eigenvalue weighted by molar-refractivity contribution is 1.13. The molecule has 0 atom stereocenters. The molecule has 0 radical (unpaired) electrons. The van der Waals surface area contributed by atoms with Crippen LogP contribution in [0.3, 0.4) is 0 Å². The van der Waals surface area contributed by atoms with Gasteiger partial charge in [0.05, 0.1) is 5.69 Å². The molecule has 4 heteroatoms. The highest BCUT2D eigenvalue weighted by Gasteiger charge is 2.03. The van der Waals surface area contributed by atoms with Crippen LogP contribution in [0.4, 0.5) is 0 Å². The highest BCUT2D eigenvalue weighted by atomic mass is 14.9. The standard InChI is InChI=1S/C16H14N4/c1-11-7-19-16(20-8-11)14-5-6-15(18-10-14)13-4-3-12(2)17-9-13/h3-10H,1-2H3. The van der Waals surface area contributed by atoms with Crippen LogP contribution in [-0.4, -0.2) is 19.9 Å². The summed E-state index contributed by atoms with van der Waals surface area (Å²) >= 11 is 0. The van der Waals surface area contributed by atoms with E-state index in [4.69, 9.17) is 0 Å². The van der Waals surface area contributed by atoms with Crippen molar-refractivity contribution in [3.05, 3.63) is 60.3 Å². The van der Waals surface area contributed by atoms with Crippen molar-refractivity contribution in [2.24, 2.45) is 0 Å². The number of pyridine rings is 2. The fourth-order valence-corrected chi connectivity index (χ4v) is 1.86. The van der Waals surface area contributed by atoms with E-state index in [1.165, 1.54) is 0 Å². The van der Waals surface area contributed by atoms with E-state index >= 15 is 0 Å². The Bertz CT molecular complexity index is 636. The van der Waals surface area contributed by atoms with Gasteiger partial charge in [-0.05, 0) is 43.7 Å². The molecule has 0 spiro atoms. The SMILES string of the molecule is Cc1cnc(-c2ccc(-c3ccc(C)nc3)nc2)nc1. The number of hydrogen-bond acceptors (Lipinski definition) is 4. The zero-order valence-corrected chi connectivity index (χ0v) is 11.4. The molecule has 0 aliphatic heterocycles. The predicted octanol–water partition coefficient (Wildman–Crippen LogP) is 3.22. The van der Waals surface area contributed by atoms with E-state index in [-0.39, 0.29) is 0 Å². The van der Waals surface area contributed by atoms with Crippen molar-refractivity contribution >= 4 is 0 Å². The van der Waals surface area contributed by atoms with Gasteiger partial charge in [-0.25, -0.2) is 9.97 Å². The van der Waals surface area contributed by atoms with Gasteiger partial charge in [-0.2, -0.15) is 0 Å². The molecule has 4 nitrogen and oxygen atoms in total. The van der Waals surface area contributed by atoms with Crippen molar-refractivity contribution in [1.29, 1.82) is 0 Å². The van der Waals surface area contributed by atoms with Crippen LogP contribution in [0.15, 0.2) is 49.1 Å². The smallest absolute Gasteiger partial charge is 0.160 e. The number of aryl methyl sites for hydroxylation is 2. The van der Waals surface area contributed by atoms with E-state index in [1.54, 1.807) is 18.6 Å². The van der Waals surface area contributed by atoms with E-state index in [0.717, 1.165) is 28.1 Å². The summed E-state index contributed by atoms with van der Waals surface area (Å²) in [5.41, 5.74) is 4.86. The molecule has 3 aromatic rings. The molecule has 0 fully saturated rings. The third-order valence-electron chi connectivity index (χ3n) is 3.01. The van der Waals surface area contributed by atoms with Gasteiger partial charge in [0.1, 0.15) is 0 Å². The summed E-state index contributed by atoms with van der Waals surface area (Å²) in [5.74, 6) is 0.691. The topological polar surface area (TPSA) is 51.6 Å². The Kier molecular flexibility index (Phi) is 3.21. The Hall–Kier alpha value is -2.62. The van der Waals surface area contributed by atoms with Gasteiger partial charge >= 0.3 is 0 Å². The third-order valence-corrected chi connectivity index (χ3v) is 3.01. The molecule has 3 aromatic heterocycles. The number of hydrogen-bond donors (Lipinski definition) is 0. The van der Waals surface area contributed by atoms with Crippen LogP contribution >= 0.6 is 0 Å². The molecule has 0 saturated carbocycles. The van der Waals surface area contributed by atoms with Gasteiger partial charge in [-0.15, -0.1) is 0 Å². The van der Waals surface area contributed by atoms with E-state index < -0.39 is 0 Å². The molecule has 98 valence electrons. The van der Waals surface area contributed by atoms with E-state index in [2.05, 4.69) is 19.9 Å². The van der Waals surface area contributed by atoms with Gasteiger partial charge in [-0.1, -0.05) is 0 Å². The van der Waals surface area contributed by atoms with Crippen molar-refractivity contribution in [2.45, 2.75) is 13.8 Å². The average Bonchev–Trinajstić information content (AvgIpc) is 2.49. The number of rotatable bonds is 2. The van der Waals surface area contributed by atoms with Crippen molar-refractivity contribution in [2.75, 3.05) is 0 Å². The average molecular weight is 262 g/mol. The van der Waals surface area contributed by atoms with Crippen LogP contribution < -0.4 is 0 Å². The summed E-state index contributed by atoms with van der Waals surface area (Å²) in [7, 11) is 0. The third kappa shape index (κ3) is 2.54. The van der Waals surface area contributed by atoms with Gasteiger partial charge in [-0.3, -0.25) is 9.97 Å². The summed E-state index contributed by atoms with van der Waals surface area (Å²) in [5, 5.41) is 0. The van der Waals surface area contributed by atoms with Crippen LogP contribution in [-0.2, 0) is 0 Å². The molecular formula is C16H14N4. The Morgan fingerprint density at radius 2 is 1.35 bits per heavy atom. The van der Waals surface area contributed by atoms with E-state index in [1.807, 2.05) is 44.3 Å². The quantitative estimate of drug-likeness (QED) is 0.711. The van der Waals surface area contributed by atoms with Gasteiger partial charge in [0.25, 0.3) is 0 Å². The van der Waals surface area contributed by atoms with Gasteiger partial charge < -0.3 is 0 Å². The van der Waals surface area contributed by atoms with Crippen molar-refractivity contribution in [1.82, 2.24) is 19.9 Å². The summed E-state index contributed by atoms with van der Waals surface area (Å²) in [6.45, 7) is 3.94. The highest BCUT2D eigenvalue weighted by molar-refractivity contribution is 5.62. The maximum absolute atomic E-state index is 4.46. The molecule has 0 amide bonds. The Balaban J connectivity index is 1.91. The molecular weight excluding hydrogens is 248 g/mol. The summed E-state index contributed by atoms with van der Waals surface area (Å²) < 4.78 is 0. The maximum Gasteiger partial charge on any atom is 0.160 e. The maximum atomic E-state index is 4.46. The highest BCUT2D eigenvalue weighted by Crippen LogP contribution is 2.19. The molecule has 0 aliphatic rings. The first-order valence-electron chi connectivity index (χ1n) is 6.40. The molecule has 3 rings (SSSR count). The van der Waals surface area contributed by atoms with Crippen LogP contribution in [0.1, 0.15) is 11.3 Å². The number of nitrogens with zero attached hydrogens (tertiary/aromatic N) is 4. The van der Waals surface area contributed by atoms with Crippen molar-refractivity contribution in [3.8, 4) is 22.6 Å². The molecule has 3 heterocycles. The summed E-state index contributed by atoms with van der Waals surface area (Å²) in [6.07, 6.45) is 7.24. The van der Waals surface area contributed by atoms with Crippen molar-refractivity contribution in [3.63, 3.8) is 0 Å². The minimum atomic E-state index is 0.691. The van der Waals surface area contributed by atoms with E-state index in [9.17, 15) is 0 Å². The first kappa shape index (κ1) is 12.4. The van der Waals surface area contributed by atoms with Crippen LogP contribution in [0.5, 0.6) is 0 Å². The lowest BCUT2D eigenvalue weighted by Gasteiger charge is -2.03. The molecule has 0 bridgehead atoms. The zero-order chi connectivity index (χ0) is 13.9. The fraction of sp³-hybridized carbons (Fsp3) is 0.125. The fourth-order valence-electron chi connectivity index (χ4n) is 1.86. The van der Waals surface area contributed by atoms with Gasteiger partial charge in [0, 0.05) is 41.6 Å². The van der Waals surface area contributed by atoms with Crippen LogP contribution in [0.2, 0.25) is 0 Å². The Labute approximate surface area is 117 Å². The second kappa shape index (κ2) is 5.17. The molecule has 20 heavy (non-hydrogen) atoms. The van der Waals surface area contributed by atoms with E-state index in [0.29, 0.717) is 5.82 Å². The minimum Gasteiger partial charge on any atom is -0.261 e. The molecule has 0 aliphatic carbocycles. The summed E-state index contributed by atoms with van der Waals surface area (Å²) in [4.78, 5) is 17.3. The molecule has 0 aromatic carbocycles. The lowest BCUT2D eigenvalue weighted by atomic mass is 10.1. The van der Waals surface area contributed by atoms with Crippen molar-refractivity contribution < 1.29 is 0 Å². The zero-order valence-electron chi connectivity index (χ0n) is 11.4. The molecule has 0 saturated heterocycles. The van der Waals surface area contributed by atoms with Crippen LogP contribution in [0.25, 0.3) is 22.6 Å². The second-order valence-corrected chi connectivity index (χ2v) is 4.70. The minimum absolute atomic E-state index is 0.691. The lowest BCUT2D eigenvalue weighted by Crippen LogP contribution is -1.91. The largest absolute Gasteiger partial charge is 0.261 e. The van der Waals surface area contributed by atoms with Crippen LogP contribution in [0, 0.1) is 13.8 Å². The molecule has 0 unspecified atom stereocenters. The number of aromatic nitrogens is 4. The summed E-state index contributed by atoms with van der Waals surface area (Å²) in [6, 6.07) is 7.94. The first-order valence-corrected chi connectivity index (χ1v) is 6.40. The van der Waals surface area contributed by atoms with Gasteiger partial charge in [0.15, 0.2) is 5.82 Å². The Morgan fingerprint density at radius 3 is 1.95 bits per heavy atom.